The highest BCUT2D eigenvalue weighted by Crippen LogP contribution is 2.23. The Kier molecular flexibility index (Phi) is 4.94. The topological polar surface area (TPSA) is 12.0 Å². The van der Waals surface area contributed by atoms with Crippen molar-refractivity contribution >= 4 is 28.3 Å². The molecular weight excluding hydrogens is 309 g/mol. The van der Waals surface area contributed by atoms with E-state index in [0.29, 0.717) is 0 Å². The van der Waals surface area contributed by atoms with Gasteiger partial charge in [0, 0.05) is 15.8 Å². The maximum atomic E-state index is 3.58. The summed E-state index contributed by atoms with van der Waals surface area (Å²) < 4.78 is 1.31. The van der Waals surface area contributed by atoms with Gasteiger partial charge in [0.1, 0.15) is 0 Å². The second-order valence-electron chi connectivity index (χ2n) is 4.75. The molecule has 1 N–H and O–H groups in total. The standard InChI is InChI=1S/C14H20IN/c15-13-8-5-9-14(10-13)16-11-12-6-3-1-2-4-7-12/h5,8-10,12,16H,1-4,6-7,11H2. The average molecular weight is 329 g/mol. The fourth-order valence-corrected chi connectivity index (χ4v) is 2.97. The molecule has 0 unspecified atom stereocenters. The van der Waals surface area contributed by atoms with Crippen LogP contribution in [0.1, 0.15) is 38.5 Å². The van der Waals surface area contributed by atoms with Gasteiger partial charge < -0.3 is 5.32 Å². The van der Waals surface area contributed by atoms with E-state index in [1.165, 1.54) is 47.8 Å². The lowest BCUT2D eigenvalue weighted by Gasteiger charge is -2.15. The summed E-state index contributed by atoms with van der Waals surface area (Å²) in [6.45, 7) is 1.15. The molecule has 1 fully saturated rings. The van der Waals surface area contributed by atoms with E-state index in [1.807, 2.05) is 0 Å². The lowest BCUT2D eigenvalue weighted by molar-refractivity contribution is 0.483. The third-order valence-electron chi connectivity index (χ3n) is 3.39. The van der Waals surface area contributed by atoms with Gasteiger partial charge in [-0.1, -0.05) is 31.7 Å². The molecule has 0 aliphatic heterocycles. The Morgan fingerprint density at radius 3 is 2.56 bits per heavy atom. The Balaban J connectivity index is 1.81. The third-order valence-corrected chi connectivity index (χ3v) is 4.07. The van der Waals surface area contributed by atoms with Gasteiger partial charge in [-0.2, -0.15) is 0 Å². The lowest BCUT2D eigenvalue weighted by Crippen LogP contribution is -2.13. The van der Waals surface area contributed by atoms with Crippen LogP contribution in [0.2, 0.25) is 0 Å². The second kappa shape index (κ2) is 6.48. The van der Waals surface area contributed by atoms with Crippen molar-refractivity contribution in [2.45, 2.75) is 38.5 Å². The molecule has 16 heavy (non-hydrogen) atoms. The molecule has 0 spiro atoms. The lowest BCUT2D eigenvalue weighted by atomic mass is 10.0. The van der Waals surface area contributed by atoms with Crippen LogP contribution in [0.4, 0.5) is 5.69 Å². The fourth-order valence-electron chi connectivity index (χ4n) is 2.43. The van der Waals surface area contributed by atoms with Crippen molar-refractivity contribution in [1.82, 2.24) is 0 Å². The van der Waals surface area contributed by atoms with Crippen LogP contribution in [0.3, 0.4) is 0 Å². The van der Waals surface area contributed by atoms with E-state index < -0.39 is 0 Å². The SMILES string of the molecule is Ic1cccc(NCC2CCCCCC2)c1. The first-order valence-electron chi connectivity index (χ1n) is 6.34. The second-order valence-corrected chi connectivity index (χ2v) is 5.99. The van der Waals surface area contributed by atoms with Gasteiger partial charge in [0.15, 0.2) is 0 Å². The quantitative estimate of drug-likeness (QED) is 0.627. The van der Waals surface area contributed by atoms with E-state index in [9.17, 15) is 0 Å². The molecule has 2 heteroatoms. The Bertz CT molecular complexity index is 316. The zero-order valence-electron chi connectivity index (χ0n) is 9.71. The van der Waals surface area contributed by atoms with Crippen molar-refractivity contribution in [3.8, 4) is 0 Å². The van der Waals surface area contributed by atoms with E-state index in [1.54, 1.807) is 0 Å². The molecule has 1 aromatic carbocycles. The number of anilines is 1. The summed E-state index contributed by atoms with van der Waals surface area (Å²) in [5.41, 5.74) is 1.27. The maximum Gasteiger partial charge on any atom is 0.0350 e. The fraction of sp³-hybridized carbons (Fsp3) is 0.571. The minimum atomic E-state index is 0.889. The zero-order chi connectivity index (χ0) is 11.2. The number of hydrogen-bond donors (Lipinski definition) is 1. The summed E-state index contributed by atoms with van der Waals surface area (Å²) in [4.78, 5) is 0. The van der Waals surface area contributed by atoms with Crippen LogP contribution in [0.25, 0.3) is 0 Å². The molecule has 0 radical (unpaired) electrons. The number of benzene rings is 1. The van der Waals surface area contributed by atoms with Crippen LogP contribution in [0, 0.1) is 9.49 Å². The van der Waals surface area contributed by atoms with Gasteiger partial charge in [-0.25, -0.2) is 0 Å². The van der Waals surface area contributed by atoms with Crippen molar-refractivity contribution in [3.63, 3.8) is 0 Å². The van der Waals surface area contributed by atoms with Crippen molar-refractivity contribution < 1.29 is 0 Å². The van der Waals surface area contributed by atoms with Crippen molar-refractivity contribution in [1.29, 1.82) is 0 Å². The molecule has 1 aliphatic carbocycles. The molecule has 2 rings (SSSR count). The van der Waals surface area contributed by atoms with Crippen molar-refractivity contribution in [2.24, 2.45) is 5.92 Å². The van der Waals surface area contributed by atoms with Crippen LogP contribution in [-0.4, -0.2) is 6.54 Å². The predicted octanol–water partition coefficient (Wildman–Crippen LogP) is 4.67. The molecule has 1 nitrogen and oxygen atoms in total. The van der Waals surface area contributed by atoms with E-state index >= 15 is 0 Å². The maximum absolute atomic E-state index is 3.58. The van der Waals surface area contributed by atoms with Crippen LogP contribution >= 0.6 is 22.6 Å². The molecule has 88 valence electrons. The summed E-state index contributed by atoms with van der Waals surface area (Å²) in [6.07, 6.45) is 8.57. The van der Waals surface area contributed by atoms with Gasteiger partial charge >= 0.3 is 0 Å². The summed E-state index contributed by atoms with van der Waals surface area (Å²) in [7, 11) is 0. The number of halogens is 1. The summed E-state index contributed by atoms with van der Waals surface area (Å²) in [5.74, 6) is 0.889. The van der Waals surface area contributed by atoms with Crippen LogP contribution < -0.4 is 5.32 Å². The normalized spacial score (nSPS) is 18.1. The Morgan fingerprint density at radius 2 is 1.88 bits per heavy atom. The van der Waals surface area contributed by atoms with Gasteiger partial charge in [-0.05, 0) is 59.5 Å². The number of hydrogen-bond acceptors (Lipinski definition) is 1. The molecule has 0 saturated heterocycles. The molecule has 1 saturated carbocycles. The molecule has 1 aromatic rings. The van der Waals surface area contributed by atoms with Gasteiger partial charge in [-0.3, -0.25) is 0 Å². The third kappa shape index (κ3) is 3.96. The molecule has 1 aliphatic rings. The highest BCUT2D eigenvalue weighted by atomic mass is 127. The Hall–Kier alpha value is -0.250. The largest absolute Gasteiger partial charge is 0.385 e. The Morgan fingerprint density at radius 1 is 1.12 bits per heavy atom. The van der Waals surface area contributed by atoms with Crippen LogP contribution in [0.5, 0.6) is 0 Å². The zero-order valence-corrected chi connectivity index (χ0v) is 11.9. The molecule has 0 heterocycles. The Labute approximate surface area is 112 Å². The van der Waals surface area contributed by atoms with Gasteiger partial charge in [-0.15, -0.1) is 0 Å². The first kappa shape index (κ1) is 12.2. The predicted molar refractivity (Wildman–Crippen MR) is 78.8 cm³/mol. The number of rotatable bonds is 3. The van der Waals surface area contributed by atoms with E-state index in [2.05, 4.69) is 52.2 Å². The van der Waals surface area contributed by atoms with Gasteiger partial charge in [0.25, 0.3) is 0 Å². The average Bonchev–Trinajstić information content (AvgIpc) is 2.55. The van der Waals surface area contributed by atoms with Crippen LogP contribution in [-0.2, 0) is 0 Å². The minimum absolute atomic E-state index is 0.889. The molecular formula is C14H20IN. The monoisotopic (exact) mass is 329 g/mol. The van der Waals surface area contributed by atoms with Gasteiger partial charge in [0.05, 0.1) is 0 Å². The summed E-state index contributed by atoms with van der Waals surface area (Å²) in [6, 6.07) is 8.64. The first-order valence-corrected chi connectivity index (χ1v) is 7.42. The minimum Gasteiger partial charge on any atom is -0.385 e. The highest BCUT2D eigenvalue weighted by Gasteiger charge is 2.11. The smallest absolute Gasteiger partial charge is 0.0350 e. The highest BCUT2D eigenvalue weighted by molar-refractivity contribution is 14.1. The van der Waals surface area contributed by atoms with E-state index in [-0.39, 0.29) is 0 Å². The molecule has 0 bridgehead atoms. The van der Waals surface area contributed by atoms with E-state index in [0.717, 1.165) is 12.5 Å². The van der Waals surface area contributed by atoms with Crippen molar-refractivity contribution in [3.05, 3.63) is 27.8 Å². The van der Waals surface area contributed by atoms with Gasteiger partial charge in [0.2, 0.25) is 0 Å². The van der Waals surface area contributed by atoms with E-state index in [4.69, 9.17) is 0 Å². The number of nitrogens with one attached hydrogen (secondary N) is 1. The first-order chi connectivity index (χ1) is 7.84. The summed E-state index contributed by atoms with van der Waals surface area (Å²) >= 11 is 2.37. The molecule has 0 aromatic heterocycles. The molecule has 0 atom stereocenters. The summed E-state index contributed by atoms with van der Waals surface area (Å²) in [5, 5.41) is 3.58. The molecule has 0 amide bonds. The van der Waals surface area contributed by atoms with Crippen LogP contribution in [0.15, 0.2) is 24.3 Å². The van der Waals surface area contributed by atoms with Crippen molar-refractivity contribution in [2.75, 3.05) is 11.9 Å².